The minimum Gasteiger partial charge on any atom is -0.497 e. The van der Waals surface area contributed by atoms with Crippen molar-refractivity contribution in [2.75, 3.05) is 47.1 Å². The number of fused-ring (bicyclic) bond motifs is 1. The number of hydrogen-bond donors (Lipinski definition) is 0. The summed E-state index contributed by atoms with van der Waals surface area (Å²) in [6.07, 6.45) is 5.47. The van der Waals surface area contributed by atoms with Crippen LogP contribution in [-0.4, -0.2) is 91.5 Å². The van der Waals surface area contributed by atoms with Gasteiger partial charge in [0.1, 0.15) is 17.1 Å². The second kappa shape index (κ2) is 18.4. The van der Waals surface area contributed by atoms with Gasteiger partial charge in [-0.2, -0.15) is 0 Å². The van der Waals surface area contributed by atoms with Crippen molar-refractivity contribution in [3.05, 3.63) is 75.9 Å². The number of nitro benzene ring substituents is 1. The zero-order valence-corrected chi connectivity index (χ0v) is 29.3. The SMILES string of the molecule is COc1ccc(COC[C@H](C)N2C[C@@H](C)[C@H](CN(C)C(=O)OC(C)(C)C)OC/C=C/CCCCOc3ccc([N+](=O)[O-])cc3C2=O)cc1. The summed E-state index contributed by atoms with van der Waals surface area (Å²) in [6.45, 7) is 10.9. The molecule has 1 aliphatic rings. The van der Waals surface area contributed by atoms with Crippen LogP contribution in [0.15, 0.2) is 54.6 Å². The monoisotopic (exact) mass is 669 g/mol. The van der Waals surface area contributed by atoms with Gasteiger partial charge in [0, 0.05) is 31.6 Å². The number of likely N-dealkylation sites (N-methyl/N-ethyl adjacent to an activating group) is 1. The minimum atomic E-state index is -0.663. The van der Waals surface area contributed by atoms with E-state index in [0.717, 1.165) is 30.6 Å². The Morgan fingerprint density at radius 3 is 2.54 bits per heavy atom. The largest absolute Gasteiger partial charge is 0.497 e. The van der Waals surface area contributed by atoms with Gasteiger partial charge in [-0.1, -0.05) is 31.2 Å². The van der Waals surface area contributed by atoms with E-state index in [4.69, 9.17) is 23.7 Å². The Kier molecular flexibility index (Phi) is 14.7. The molecule has 0 radical (unpaired) electrons. The first-order valence-electron chi connectivity index (χ1n) is 16.4. The Morgan fingerprint density at radius 2 is 1.88 bits per heavy atom. The third-order valence-corrected chi connectivity index (χ3v) is 7.86. The quantitative estimate of drug-likeness (QED) is 0.164. The second-order valence-electron chi connectivity index (χ2n) is 13.1. The van der Waals surface area contributed by atoms with E-state index >= 15 is 0 Å². The third-order valence-electron chi connectivity index (χ3n) is 7.86. The van der Waals surface area contributed by atoms with Crippen LogP contribution in [-0.2, 0) is 20.8 Å². The standard InChI is InChI=1S/C36H51N3O9/c1-26-22-38(27(2)24-45-25-28-13-16-30(44-7)17-14-28)34(40)31-21-29(39(42)43)15-18-32(31)46-19-11-9-8-10-12-20-47-33(26)23-37(6)35(41)48-36(3,4)5/h10,12-18,21,26-27,33H,8-9,11,19-20,22-25H2,1-7H3/b12-10+/t26-,27+,33+/m1/s1. The van der Waals surface area contributed by atoms with Crippen molar-refractivity contribution in [2.45, 2.75) is 78.2 Å². The molecule has 2 aromatic rings. The molecule has 1 aliphatic heterocycles. The molecule has 0 saturated heterocycles. The van der Waals surface area contributed by atoms with Crippen LogP contribution in [0.4, 0.5) is 10.5 Å². The van der Waals surface area contributed by atoms with Crippen molar-refractivity contribution in [3.8, 4) is 11.5 Å². The molecule has 12 heteroatoms. The highest BCUT2D eigenvalue weighted by Gasteiger charge is 2.32. The second-order valence-corrected chi connectivity index (χ2v) is 13.1. The fraction of sp³-hybridized carbons (Fsp3) is 0.556. The van der Waals surface area contributed by atoms with Gasteiger partial charge in [-0.25, -0.2) is 4.79 Å². The molecule has 0 unspecified atom stereocenters. The highest BCUT2D eigenvalue weighted by molar-refractivity contribution is 5.98. The summed E-state index contributed by atoms with van der Waals surface area (Å²) in [7, 11) is 3.26. The number of amides is 2. The summed E-state index contributed by atoms with van der Waals surface area (Å²) in [6, 6.07) is 11.2. The zero-order chi connectivity index (χ0) is 35.3. The lowest BCUT2D eigenvalue weighted by atomic mass is 10.0. The highest BCUT2D eigenvalue weighted by Crippen LogP contribution is 2.28. The maximum atomic E-state index is 14.4. The minimum absolute atomic E-state index is 0.105. The molecule has 2 amide bonds. The molecule has 0 saturated carbocycles. The van der Waals surface area contributed by atoms with Gasteiger partial charge in [0.05, 0.1) is 62.7 Å². The third kappa shape index (κ3) is 12.1. The lowest BCUT2D eigenvalue weighted by Gasteiger charge is -2.36. The van der Waals surface area contributed by atoms with E-state index < -0.39 is 34.7 Å². The van der Waals surface area contributed by atoms with Crippen LogP contribution in [0.25, 0.3) is 0 Å². The van der Waals surface area contributed by atoms with Crippen LogP contribution in [0.3, 0.4) is 0 Å². The molecule has 12 nitrogen and oxygen atoms in total. The first-order valence-corrected chi connectivity index (χ1v) is 16.4. The number of non-ortho nitro benzene ring substituents is 1. The molecule has 1 heterocycles. The smallest absolute Gasteiger partial charge is 0.410 e. The summed E-state index contributed by atoms with van der Waals surface area (Å²) in [4.78, 5) is 41.6. The average molecular weight is 670 g/mol. The number of carbonyl (C=O) groups is 2. The van der Waals surface area contributed by atoms with Gasteiger partial charge in [-0.05, 0) is 70.7 Å². The first kappa shape index (κ1) is 38.3. The van der Waals surface area contributed by atoms with Gasteiger partial charge < -0.3 is 33.5 Å². The van der Waals surface area contributed by atoms with E-state index in [1.54, 1.807) is 19.1 Å². The average Bonchev–Trinajstić information content (AvgIpc) is 3.04. The number of ether oxygens (including phenoxy) is 5. The van der Waals surface area contributed by atoms with Crippen LogP contribution < -0.4 is 9.47 Å². The van der Waals surface area contributed by atoms with Gasteiger partial charge >= 0.3 is 6.09 Å². The van der Waals surface area contributed by atoms with Crippen molar-refractivity contribution in [1.29, 1.82) is 0 Å². The van der Waals surface area contributed by atoms with E-state index in [2.05, 4.69) is 6.08 Å². The number of methoxy groups -OCH3 is 1. The Hall–Kier alpha value is -4.16. The molecule has 0 aromatic heterocycles. The Balaban J connectivity index is 1.94. The lowest BCUT2D eigenvalue weighted by Crippen LogP contribution is -2.48. The van der Waals surface area contributed by atoms with Crippen molar-refractivity contribution in [3.63, 3.8) is 0 Å². The van der Waals surface area contributed by atoms with Crippen LogP contribution in [0.2, 0.25) is 0 Å². The van der Waals surface area contributed by atoms with Crippen molar-refractivity contribution in [2.24, 2.45) is 5.92 Å². The van der Waals surface area contributed by atoms with E-state index in [-0.39, 0.29) is 42.6 Å². The van der Waals surface area contributed by atoms with E-state index in [0.29, 0.717) is 19.8 Å². The predicted molar refractivity (Wildman–Crippen MR) is 182 cm³/mol. The molecule has 2 aromatic carbocycles. The molecule has 0 aliphatic carbocycles. The van der Waals surface area contributed by atoms with Gasteiger partial charge in [-0.3, -0.25) is 14.9 Å². The maximum Gasteiger partial charge on any atom is 0.410 e. The van der Waals surface area contributed by atoms with Gasteiger partial charge in [0.15, 0.2) is 0 Å². The Morgan fingerprint density at radius 1 is 1.15 bits per heavy atom. The molecular formula is C36H51N3O9. The molecule has 0 spiro atoms. The Labute approximate surface area is 284 Å². The number of nitrogens with zero attached hydrogens (tertiary/aromatic N) is 3. The molecular weight excluding hydrogens is 618 g/mol. The van der Waals surface area contributed by atoms with Crippen LogP contribution >= 0.6 is 0 Å². The fourth-order valence-electron chi connectivity index (χ4n) is 5.12. The number of benzene rings is 2. The maximum absolute atomic E-state index is 14.4. The molecule has 48 heavy (non-hydrogen) atoms. The topological polar surface area (TPSA) is 130 Å². The molecule has 3 atom stereocenters. The number of hydrogen-bond acceptors (Lipinski definition) is 9. The van der Waals surface area contributed by atoms with E-state index in [9.17, 15) is 19.7 Å². The molecule has 0 fully saturated rings. The number of carbonyl (C=O) groups excluding carboxylic acids is 2. The summed E-state index contributed by atoms with van der Waals surface area (Å²) >= 11 is 0. The first-order chi connectivity index (χ1) is 22.8. The number of nitro groups is 1. The molecule has 264 valence electrons. The van der Waals surface area contributed by atoms with E-state index in [1.165, 1.54) is 23.1 Å². The fourth-order valence-corrected chi connectivity index (χ4v) is 5.12. The van der Waals surface area contributed by atoms with Crippen molar-refractivity contribution >= 4 is 17.7 Å². The summed E-state index contributed by atoms with van der Waals surface area (Å²) < 4.78 is 29.2. The van der Waals surface area contributed by atoms with Crippen LogP contribution in [0.1, 0.15) is 69.8 Å². The van der Waals surface area contributed by atoms with Gasteiger partial charge in [-0.15, -0.1) is 0 Å². The van der Waals surface area contributed by atoms with Gasteiger partial charge in [0.2, 0.25) is 0 Å². The summed E-state index contributed by atoms with van der Waals surface area (Å²) in [5.74, 6) is 0.331. The number of allylic oxidation sites excluding steroid dienone is 1. The number of rotatable bonds is 9. The van der Waals surface area contributed by atoms with Crippen LogP contribution in [0.5, 0.6) is 11.5 Å². The Bertz CT molecular complexity index is 1370. The summed E-state index contributed by atoms with van der Waals surface area (Å²) in [5.41, 5.74) is 0.177. The van der Waals surface area contributed by atoms with Crippen LogP contribution in [0, 0.1) is 16.0 Å². The van der Waals surface area contributed by atoms with Crippen molar-refractivity contribution in [1.82, 2.24) is 9.80 Å². The van der Waals surface area contributed by atoms with E-state index in [1.807, 2.05) is 65.0 Å². The van der Waals surface area contributed by atoms with Crippen molar-refractivity contribution < 1.29 is 38.2 Å². The summed E-state index contributed by atoms with van der Waals surface area (Å²) in [5, 5.41) is 11.7. The highest BCUT2D eigenvalue weighted by atomic mass is 16.6. The lowest BCUT2D eigenvalue weighted by molar-refractivity contribution is -0.384. The molecule has 3 rings (SSSR count). The zero-order valence-electron chi connectivity index (χ0n) is 29.3. The molecule has 0 N–H and O–H groups in total. The molecule has 0 bridgehead atoms. The predicted octanol–water partition coefficient (Wildman–Crippen LogP) is 6.66. The van der Waals surface area contributed by atoms with Gasteiger partial charge in [0.25, 0.3) is 11.6 Å². The normalized spacial score (nSPS) is 19.4.